The third-order valence-corrected chi connectivity index (χ3v) is 11.2. The van der Waals surface area contributed by atoms with Gasteiger partial charge in [0.05, 0.1) is 35.0 Å². The maximum atomic E-state index is 15.1. The highest BCUT2D eigenvalue weighted by atomic mass is 16.6. The number of benzene rings is 4. The first-order valence-electron chi connectivity index (χ1n) is 16.8. The molecule has 0 spiro atoms. The molecule has 2 fully saturated rings. The summed E-state index contributed by atoms with van der Waals surface area (Å²) in [7, 11) is 1.43. The van der Waals surface area contributed by atoms with Crippen LogP contribution in [0.1, 0.15) is 35.4 Å². The molecule has 4 aliphatic rings. The number of ketones is 2. The van der Waals surface area contributed by atoms with Crippen LogP contribution >= 0.6 is 0 Å². The SMILES string of the molecule is COc1cc([C@H]2C3=CC[C@@H]4C(=O)N(c5cccc([N+](=O)[O-])c5)C(=O)[C@@H]4[C@@H]3C[C@H]3C(=O)C(c4ccccc4)=CC(=O)[C@@]23c2ccccc2)ccc1O. The van der Waals surface area contributed by atoms with Gasteiger partial charge in [-0.15, -0.1) is 0 Å². The summed E-state index contributed by atoms with van der Waals surface area (Å²) in [5, 5.41) is 22.2. The maximum absolute atomic E-state index is 15.1. The predicted molar refractivity (Wildman–Crippen MR) is 187 cm³/mol. The Bertz CT molecular complexity index is 2210. The number of Topliss-reactive ketones (excluding diaryl/α,β-unsaturated/α-hetero) is 1. The van der Waals surface area contributed by atoms with Gasteiger partial charge in [-0.2, -0.15) is 0 Å². The third-order valence-electron chi connectivity index (χ3n) is 11.2. The van der Waals surface area contributed by atoms with E-state index in [0.717, 1.165) is 10.5 Å². The number of methoxy groups -OCH3 is 1. The highest BCUT2D eigenvalue weighted by molar-refractivity contribution is 6.32. The van der Waals surface area contributed by atoms with Gasteiger partial charge in [0.25, 0.3) is 5.69 Å². The molecular formula is C41H32N2O8. The summed E-state index contributed by atoms with van der Waals surface area (Å²) >= 11 is 0. The normalized spacial score (nSPS) is 26.8. The molecular weight excluding hydrogens is 648 g/mol. The number of nitro benzene ring substituents is 1. The smallest absolute Gasteiger partial charge is 0.271 e. The van der Waals surface area contributed by atoms with Crippen LogP contribution in [-0.4, -0.2) is 40.5 Å². The van der Waals surface area contributed by atoms with E-state index in [9.17, 15) is 24.8 Å². The third kappa shape index (κ3) is 4.70. The van der Waals surface area contributed by atoms with Crippen molar-refractivity contribution in [1.29, 1.82) is 0 Å². The van der Waals surface area contributed by atoms with Crippen LogP contribution < -0.4 is 9.64 Å². The van der Waals surface area contributed by atoms with Crippen LogP contribution in [0.25, 0.3) is 5.57 Å². The molecule has 1 saturated carbocycles. The molecule has 8 rings (SSSR count). The molecule has 2 amide bonds. The second-order valence-electron chi connectivity index (χ2n) is 13.5. The van der Waals surface area contributed by atoms with E-state index in [1.54, 1.807) is 36.4 Å². The van der Waals surface area contributed by atoms with Gasteiger partial charge in [0.15, 0.2) is 23.1 Å². The Labute approximate surface area is 292 Å². The number of hydrogen-bond acceptors (Lipinski definition) is 8. The summed E-state index contributed by atoms with van der Waals surface area (Å²) < 4.78 is 5.51. The topological polar surface area (TPSA) is 144 Å². The summed E-state index contributed by atoms with van der Waals surface area (Å²) in [6.07, 6.45) is 3.70. The minimum atomic E-state index is -1.43. The standard InChI is InChI=1S/C41H32N2O8/c1-51-34-19-24(15-18-33(34)44)37-28-16-17-29-36(40(48)42(39(29)47)26-13-8-14-27(20-26)43(49)50)31(28)21-32-38(46)30(23-9-4-2-5-10-23)22-35(45)41(32,37)25-11-6-3-7-12-25/h2-16,18-20,22,29,31-32,36-37,44H,17,21H2,1H3/t29-,31+,32-,36-,37-,41-/m0/s1. The number of allylic oxidation sites excluding steroid dienone is 4. The highest BCUT2D eigenvalue weighted by Crippen LogP contribution is 2.64. The Hall–Kier alpha value is -6.16. The van der Waals surface area contributed by atoms with Crippen LogP contribution in [0.15, 0.2) is 121 Å². The number of fused-ring (bicyclic) bond motifs is 4. The lowest BCUT2D eigenvalue weighted by Crippen LogP contribution is -2.58. The van der Waals surface area contributed by atoms with Gasteiger partial charge in [0.1, 0.15) is 0 Å². The number of ether oxygens (including phenoxy) is 1. The number of hydrogen-bond donors (Lipinski definition) is 1. The molecule has 0 bridgehead atoms. The average Bonchev–Trinajstić information content (AvgIpc) is 3.42. The van der Waals surface area contributed by atoms with Crippen LogP contribution in [0.2, 0.25) is 0 Å². The molecule has 254 valence electrons. The molecule has 1 N–H and O–H groups in total. The quantitative estimate of drug-likeness (QED) is 0.108. The molecule has 4 aromatic rings. The number of phenols is 1. The number of imide groups is 1. The number of nitro groups is 1. The van der Waals surface area contributed by atoms with Gasteiger partial charge in [-0.3, -0.25) is 29.3 Å². The number of carbonyl (C=O) groups is 4. The molecule has 10 nitrogen and oxygen atoms in total. The lowest BCUT2D eigenvalue weighted by molar-refractivity contribution is -0.384. The van der Waals surface area contributed by atoms with Crippen LogP contribution in [0.5, 0.6) is 11.5 Å². The first-order valence-corrected chi connectivity index (χ1v) is 16.8. The molecule has 1 aliphatic heterocycles. The van der Waals surface area contributed by atoms with E-state index in [1.807, 2.05) is 42.5 Å². The predicted octanol–water partition coefficient (Wildman–Crippen LogP) is 6.34. The number of anilines is 1. The van der Waals surface area contributed by atoms with Crippen LogP contribution in [-0.2, 0) is 24.6 Å². The molecule has 1 saturated heterocycles. The summed E-state index contributed by atoms with van der Waals surface area (Å²) in [5.74, 6) is -5.35. The number of aromatic hydroxyl groups is 1. The monoisotopic (exact) mass is 680 g/mol. The largest absolute Gasteiger partial charge is 0.504 e. The zero-order valence-electron chi connectivity index (χ0n) is 27.5. The lowest BCUT2D eigenvalue weighted by atomic mass is 9.44. The van der Waals surface area contributed by atoms with Crippen molar-refractivity contribution in [2.24, 2.45) is 23.7 Å². The van der Waals surface area contributed by atoms with Gasteiger partial charge in [-0.05, 0) is 59.7 Å². The van der Waals surface area contributed by atoms with Crippen LogP contribution in [0.3, 0.4) is 0 Å². The minimum absolute atomic E-state index is 0.0990. The summed E-state index contributed by atoms with van der Waals surface area (Å²) in [6, 6.07) is 28.5. The van der Waals surface area contributed by atoms with Crippen molar-refractivity contribution in [3.8, 4) is 11.5 Å². The molecule has 6 atom stereocenters. The maximum Gasteiger partial charge on any atom is 0.271 e. The number of amides is 2. The Morgan fingerprint density at radius 1 is 0.863 bits per heavy atom. The lowest BCUT2D eigenvalue weighted by Gasteiger charge is -2.55. The van der Waals surface area contributed by atoms with Gasteiger partial charge >= 0.3 is 0 Å². The second kappa shape index (κ2) is 12.0. The molecule has 51 heavy (non-hydrogen) atoms. The van der Waals surface area contributed by atoms with E-state index in [-0.39, 0.29) is 52.9 Å². The fourth-order valence-electron chi connectivity index (χ4n) is 9.12. The van der Waals surface area contributed by atoms with Gasteiger partial charge in [-0.25, -0.2) is 4.90 Å². The highest BCUT2D eigenvalue weighted by Gasteiger charge is 2.66. The van der Waals surface area contributed by atoms with Crippen molar-refractivity contribution >= 4 is 40.3 Å². The fraction of sp³-hybridized carbons (Fsp3) is 0.220. The van der Waals surface area contributed by atoms with Gasteiger partial charge in [0, 0.05) is 29.5 Å². The molecule has 1 heterocycles. The molecule has 3 aliphatic carbocycles. The van der Waals surface area contributed by atoms with Gasteiger partial charge in [-0.1, -0.05) is 84.4 Å². The summed E-state index contributed by atoms with van der Waals surface area (Å²) in [4.78, 5) is 70.7. The zero-order chi connectivity index (χ0) is 35.6. The van der Waals surface area contributed by atoms with E-state index in [4.69, 9.17) is 4.74 Å². The molecule has 4 aromatic carbocycles. The number of non-ortho nitro benzene ring substituents is 1. The number of carbonyl (C=O) groups excluding carboxylic acids is 4. The van der Waals surface area contributed by atoms with E-state index < -0.39 is 51.7 Å². The van der Waals surface area contributed by atoms with Crippen molar-refractivity contribution in [1.82, 2.24) is 0 Å². The van der Waals surface area contributed by atoms with Crippen molar-refractivity contribution < 1.29 is 33.9 Å². The van der Waals surface area contributed by atoms with Crippen molar-refractivity contribution in [2.75, 3.05) is 12.0 Å². The van der Waals surface area contributed by atoms with E-state index in [1.165, 1.54) is 43.5 Å². The molecule has 0 radical (unpaired) electrons. The van der Waals surface area contributed by atoms with Gasteiger partial charge < -0.3 is 9.84 Å². The van der Waals surface area contributed by atoms with Crippen molar-refractivity contribution in [2.45, 2.75) is 24.2 Å². The fourth-order valence-corrected chi connectivity index (χ4v) is 9.12. The first-order chi connectivity index (χ1) is 24.7. The minimum Gasteiger partial charge on any atom is -0.504 e. The Kier molecular flexibility index (Phi) is 7.55. The summed E-state index contributed by atoms with van der Waals surface area (Å²) in [6.45, 7) is 0. The molecule has 10 heteroatoms. The van der Waals surface area contributed by atoms with E-state index in [0.29, 0.717) is 16.7 Å². The van der Waals surface area contributed by atoms with Gasteiger partial charge in [0.2, 0.25) is 11.8 Å². The number of rotatable bonds is 6. The Balaban J connectivity index is 1.35. The average molecular weight is 681 g/mol. The number of phenolic OH excluding ortho intramolecular Hbond substituents is 1. The zero-order valence-corrected chi connectivity index (χ0v) is 27.5. The molecule has 0 unspecified atom stereocenters. The summed E-state index contributed by atoms with van der Waals surface area (Å²) in [5.41, 5.74) is 1.32. The Morgan fingerprint density at radius 3 is 2.29 bits per heavy atom. The Morgan fingerprint density at radius 2 is 1.59 bits per heavy atom. The van der Waals surface area contributed by atoms with E-state index >= 15 is 9.59 Å². The number of nitrogens with zero attached hydrogens (tertiary/aromatic N) is 2. The second-order valence-corrected chi connectivity index (χ2v) is 13.5. The molecule has 0 aromatic heterocycles. The van der Waals surface area contributed by atoms with Crippen molar-refractivity contribution in [3.05, 3.63) is 148 Å². The first kappa shape index (κ1) is 32.1. The van der Waals surface area contributed by atoms with Crippen LogP contribution in [0.4, 0.5) is 11.4 Å². The van der Waals surface area contributed by atoms with Crippen molar-refractivity contribution in [3.63, 3.8) is 0 Å². The van der Waals surface area contributed by atoms with E-state index in [2.05, 4.69) is 0 Å². The van der Waals surface area contributed by atoms with Crippen LogP contribution in [0, 0.1) is 33.8 Å².